The predicted octanol–water partition coefficient (Wildman–Crippen LogP) is 1.32. The van der Waals surface area contributed by atoms with E-state index in [1.807, 2.05) is 6.07 Å². The number of fused-ring (bicyclic) bond motifs is 1. The van der Waals surface area contributed by atoms with E-state index in [9.17, 15) is 4.79 Å². The molecule has 0 saturated heterocycles. The number of nitrogens with one attached hydrogen (secondary N) is 2. The first-order valence-corrected chi connectivity index (χ1v) is 5.04. The summed E-state index contributed by atoms with van der Waals surface area (Å²) in [7, 11) is 0. The normalized spacial score (nSPS) is 10.1. The van der Waals surface area contributed by atoms with Gasteiger partial charge in [-0.15, -0.1) is 0 Å². The quantitative estimate of drug-likeness (QED) is 0.735. The van der Waals surface area contributed by atoms with Gasteiger partial charge in [-0.1, -0.05) is 0 Å². The van der Waals surface area contributed by atoms with Crippen LogP contribution >= 0.6 is 0 Å². The molecule has 2 rings (SSSR count). The standard InChI is InChI=1S/C11H10N4O2/c12-6-7-1-2-8-9(5-7)15-11(14-8)13-4-3-10(16)17/h1-2,5H,3-4H2,(H,16,17)(H2,13,14,15). The number of nitriles is 1. The zero-order valence-electron chi connectivity index (χ0n) is 8.90. The first kappa shape index (κ1) is 11.0. The van der Waals surface area contributed by atoms with Crippen molar-refractivity contribution >= 4 is 23.0 Å². The SMILES string of the molecule is N#Cc1ccc2nc(NCCC(=O)O)[nH]c2c1. The van der Waals surface area contributed by atoms with Crippen molar-refractivity contribution in [3.8, 4) is 6.07 Å². The van der Waals surface area contributed by atoms with E-state index in [-0.39, 0.29) is 6.42 Å². The first-order valence-electron chi connectivity index (χ1n) is 5.04. The average Bonchev–Trinajstić information content (AvgIpc) is 2.69. The van der Waals surface area contributed by atoms with Crippen LogP contribution in [0.25, 0.3) is 11.0 Å². The fourth-order valence-electron chi connectivity index (χ4n) is 1.45. The van der Waals surface area contributed by atoms with E-state index >= 15 is 0 Å². The highest BCUT2D eigenvalue weighted by Crippen LogP contribution is 2.15. The largest absolute Gasteiger partial charge is 0.481 e. The van der Waals surface area contributed by atoms with Crippen LogP contribution in [-0.2, 0) is 4.79 Å². The Morgan fingerprint density at radius 1 is 1.59 bits per heavy atom. The Hall–Kier alpha value is -2.55. The molecule has 0 saturated carbocycles. The van der Waals surface area contributed by atoms with Gasteiger partial charge in [-0.2, -0.15) is 5.26 Å². The van der Waals surface area contributed by atoms with Gasteiger partial charge in [0.1, 0.15) is 0 Å². The van der Waals surface area contributed by atoms with Gasteiger partial charge in [0.25, 0.3) is 0 Å². The van der Waals surface area contributed by atoms with Gasteiger partial charge < -0.3 is 15.4 Å². The van der Waals surface area contributed by atoms with Crippen molar-refractivity contribution in [2.24, 2.45) is 0 Å². The van der Waals surface area contributed by atoms with Crippen LogP contribution < -0.4 is 5.32 Å². The number of rotatable bonds is 4. The molecule has 0 aliphatic carbocycles. The third-order valence-corrected chi connectivity index (χ3v) is 2.24. The highest BCUT2D eigenvalue weighted by atomic mass is 16.4. The summed E-state index contributed by atoms with van der Waals surface area (Å²) in [6.45, 7) is 0.306. The Bertz CT molecular complexity index is 597. The zero-order chi connectivity index (χ0) is 12.3. The minimum atomic E-state index is -0.861. The number of aromatic nitrogens is 2. The number of H-pyrrole nitrogens is 1. The van der Waals surface area contributed by atoms with Gasteiger partial charge in [0, 0.05) is 6.54 Å². The van der Waals surface area contributed by atoms with Gasteiger partial charge in [0.15, 0.2) is 0 Å². The van der Waals surface area contributed by atoms with Gasteiger partial charge >= 0.3 is 5.97 Å². The second-order valence-corrected chi connectivity index (χ2v) is 3.50. The summed E-state index contributed by atoms with van der Waals surface area (Å²) < 4.78 is 0. The summed E-state index contributed by atoms with van der Waals surface area (Å²) in [6.07, 6.45) is 0.0283. The molecule has 0 unspecified atom stereocenters. The Balaban J connectivity index is 2.15. The summed E-state index contributed by atoms with van der Waals surface area (Å²) in [5.41, 5.74) is 2.04. The second kappa shape index (κ2) is 4.53. The Morgan fingerprint density at radius 2 is 2.41 bits per heavy atom. The minimum absolute atomic E-state index is 0.0283. The molecule has 0 aliphatic rings. The highest BCUT2D eigenvalue weighted by molar-refractivity contribution is 5.79. The van der Waals surface area contributed by atoms with Crippen molar-refractivity contribution in [2.45, 2.75) is 6.42 Å². The first-order chi connectivity index (χ1) is 8.19. The van der Waals surface area contributed by atoms with Gasteiger partial charge in [0.05, 0.1) is 29.1 Å². The fourth-order valence-corrected chi connectivity index (χ4v) is 1.45. The monoisotopic (exact) mass is 230 g/mol. The number of nitrogens with zero attached hydrogens (tertiary/aromatic N) is 2. The molecular weight excluding hydrogens is 220 g/mol. The Labute approximate surface area is 96.9 Å². The van der Waals surface area contributed by atoms with E-state index in [4.69, 9.17) is 10.4 Å². The number of aromatic amines is 1. The van der Waals surface area contributed by atoms with Crippen molar-refractivity contribution in [2.75, 3.05) is 11.9 Å². The molecule has 0 fully saturated rings. The van der Waals surface area contributed by atoms with Gasteiger partial charge in [-0.25, -0.2) is 4.98 Å². The van der Waals surface area contributed by atoms with E-state index in [1.165, 1.54) is 0 Å². The predicted molar refractivity (Wildman–Crippen MR) is 61.6 cm³/mol. The lowest BCUT2D eigenvalue weighted by Crippen LogP contribution is -2.08. The number of hydrogen-bond donors (Lipinski definition) is 3. The van der Waals surface area contributed by atoms with Crippen LogP contribution in [0.3, 0.4) is 0 Å². The number of anilines is 1. The molecule has 1 heterocycles. The molecule has 0 aliphatic heterocycles. The second-order valence-electron chi connectivity index (χ2n) is 3.50. The molecule has 3 N–H and O–H groups in total. The summed E-state index contributed by atoms with van der Waals surface area (Å²) in [5.74, 6) is -0.350. The number of benzene rings is 1. The van der Waals surface area contributed by atoms with Gasteiger partial charge in [-0.3, -0.25) is 4.79 Å². The maximum absolute atomic E-state index is 10.3. The molecule has 1 aromatic carbocycles. The summed E-state index contributed by atoms with van der Waals surface area (Å²) in [5, 5.41) is 20.1. The molecule has 2 aromatic rings. The number of carboxylic acids is 1. The van der Waals surface area contributed by atoms with Crippen molar-refractivity contribution in [3.63, 3.8) is 0 Å². The van der Waals surface area contributed by atoms with Crippen LogP contribution in [0.1, 0.15) is 12.0 Å². The van der Waals surface area contributed by atoms with Crippen LogP contribution in [0.2, 0.25) is 0 Å². The fraction of sp³-hybridized carbons (Fsp3) is 0.182. The van der Waals surface area contributed by atoms with Crippen molar-refractivity contribution in [1.29, 1.82) is 5.26 Å². The van der Waals surface area contributed by atoms with Crippen LogP contribution in [0, 0.1) is 11.3 Å². The van der Waals surface area contributed by atoms with Crippen molar-refractivity contribution < 1.29 is 9.90 Å². The molecule has 17 heavy (non-hydrogen) atoms. The Kier molecular flexibility index (Phi) is 2.92. The molecule has 0 atom stereocenters. The van der Waals surface area contributed by atoms with Crippen LogP contribution in [0.5, 0.6) is 0 Å². The number of carbonyl (C=O) groups is 1. The van der Waals surface area contributed by atoms with E-state index < -0.39 is 5.97 Å². The third kappa shape index (κ3) is 2.52. The van der Waals surface area contributed by atoms with Gasteiger partial charge in [-0.05, 0) is 18.2 Å². The summed E-state index contributed by atoms with van der Waals surface area (Å²) in [4.78, 5) is 17.5. The molecule has 86 valence electrons. The highest BCUT2D eigenvalue weighted by Gasteiger charge is 2.03. The maximum Gasteiger partial charge on any atom is 0.305 e. The van der Waals surface area contributed by atoms with E-state index in [2.05, 4.69) is 15.3 Å². The lowest BCUT2D eigenvalue weighted by Gasteiger charge is -1.97. The molecule has 6 heteroatoms. The smallest absolute Gasteiger partial charge is 0.305 e. The number of carboxylic acid groups (broad SMARTS) is 1. The van der Waals surface area contributed by atoms with Crippen LogP contribution in [0.4, 0.5) is 5.95 Å². The topological polar surface area (TPSA) is 102 Å². The number of imidazole rings is 1. The molecular formula is C11H10N4O2. The van der Waals surface area contributed by atoms with Crippen LogP contribution in [-0.4, -0.2) is 27.6 Å². The van der Waals surface area contributed by atoms with Crippen molar-refractivity contribution in [1.82, 2.24) is 9.97 Å². The molecule has 6 nitrogen and oxygen atoms in total. The molecule has 0 spiro atoms. The summed E-state index contributed by atoms with van der Waals surface area (Å²) >= 11 is 0. The maximum atomic E-state index is 10.3. The lowest BCUT2D eigenvalue weighted by molar-refractivity contribution is -0.136. The molecule has 0 radical (unpaired) electrons. The molecule has 0 bridgehead atoms. The van der Waals surface area contributed by atoms with Crippen molar-refractivity contribution in [3.05, 3.63) is 23.8 Å². The zero-order valence-corrected chi connectivity index (χ0v) is 8.90. The minimum Gasteiger partial charge on any atom is -0.481 e. The van der Waals surface area contributed by atoms with E-state index in [0.717, 1.165) is 11.0 Å². The number of hydrogen-bond acceptors (Lipinski definition) is 4. The third-order valence-electron chi connectivity index (χ3n) is 2.24. The Morgan fingerprint density at radius 3 is 3.12 bits per heavy atom. The van der Waals surface area contributed by atoms with E-state index in [0.29, 0.717) is 18.1 Å². The number of aliphatic carboxylic acids is 1. The summed E-state index contributed by atoms with van der Waals surface area (Å²) in [6, 6.07) is 7.17. The lowest BCUT2D eigenvalue weighted by atomic mass is 10.2. The average molecular weight is 230 g/mol. The molecule has 0 amide bonds. The van der Waals surface area contributed by atoms with E-state index in [1.54, 1.807) is 18.2 Å². The molecule has 1 aromatic heterocycles. The van der Waals surface area contributed by atoms with Crippen LogP contribution in [0.15, 0.2) is 18.2 Å². The van der Waals surface area contributed by atoms with Gasteiger partial charge in [0.2, 0.25) is 5.95 Å².